The highest BCUT2D eigenvalue weighted by Gasteiger charge is 2.13. The van der Waals surface area contributed by atoms with Crippen molar-refractivity contribution in [3.05, 3.63) is 46.7 Å². The van der Waals surface area contributed by atoms with E-state index in [4.69, 9.17) is 8.83 Å². The van der Waals surface area contributed by atoms with Gasteiger partial charge in [-0.2, -0.15) is 0 Å². The second-order valence-corrected chi connectivity index (χ2v) is 4.17. The number of hydrogen-bond acceptors (Lipinski definition) is 4. The molecule has 0 aromatic carbocycles. The van der Waals surface area contributed by atoms with Gasteiger partial charge in [0.25, 0.3) is 5.91 Å². The molecule has 2 N–H and O–H groups in total. The lowest BCUT2D eigenvalue weighted by Crippen LogP contribution is -2.27. The number of aliphatic hydroxyl groups is 1. The van der Waals surface area contributed by atoms with Crippen LogP contribution in [0.3, 0.4) is 0 Å². The highest BCUT2D eigenvalue weighted by molar-refractivity contribution is 9.10. The molecule has 1 amide bonds. The second kappa shape index (κ2) is 5.20. The zero-order chi connectivity index (χ0) is 12.3. The summed E-state index contributed by atoms with van der Waals surface area (Å²) >= 11 is 3.10. The zero-order valence-electron chi connectivity index (χ0n) is 8.72. The number of nitrogens with one attached hydrogen (secondary N) is 1. The van der Waals surface area contributed by atoms with Gasteiger partial charge in [0.15, 0.2) is 10.4 Å². The van der Waals surface area contributed by atoms with Gasteiger partial charge in [0, 0.05) is 12.1 Å². The van der Waals surface area contributed by atoms with Gasteiger partial charge < -0.3 is 19.3 Å². The van der Waals surface area contributed by atoms with Gasteiger partial charge in [-0.1, -0.05) is 0 Å². The Morgan fingerprint density at radius 2 is 2.29 bits per heavy atom. The van der Waals surface area contributed by atoms with E-state index in [-0.39, 0.29) is 18.2 Å². The molecule has 2 heterocycles. The van der Waals surface area contributed by atoms with Crippen molar-refractivity contribution in [2.45, 2.75) is 6.10 Å². The van der Waals surface area contributed by atoms with Gasteiger partial charge in [-0.25, -0.2) is 0 Å². The Balaban J connectivity index is 1.88. The molecular weight excluding hydrogens is 290 g/mol. The minimum absolute atomic E-state index is 0.0939. The van der Waals surface area contributed by atoms with Crippen molar-refractivity contribution >= 4 is 21.8 Å². The van der Waals surface area contributed by atoms with Crippen LogP contribution in [-0.4, -0.2) is 17.6 Å². The van der Waals surface area contributed by atoms with Crippen LogP contribution in [0.4, 0.5) is 0 Å². The molecule has 0 saturated heterocycles. The van der Waals surface area contributed by atoms with Gasteiger partial charge in [-0.05, 0) is 34.1 Å². The van der Waals surface area contributed by atoms with Crippen molar-refractivity contribution < 1.29 is 18.7 Å². The third kappa shape index (κ3) is 2.98. The number of rotatable bonds is 4. The summed E-state index contributed by atoms with van der Waals surface area (Å²) in [7, 11) is 0. The summed E-state index contributed by atoms with van der Waals surface area (Å²) in [6.45, 7) is 0.0939. The average molecular weight is 300 g/mol. The first-order valence-corrected chi connectivity index (χ1v) is 5.70. The monoisotopic (exact) mass is 299 g/mol. The SMILES string of the molecule is O=C(NC[C@H](O)c1ccoc1)c1ccc(Br)o1. The Kier molecular flexibility index (Phi) is 3.65. The fourth-order valence-electron chi connectivity index (χ4n) is 1.30. The molecule has 0 aliphatic heterocycles. The molecule has 2 aromatic rings. The summed E-state index contributed by atoms with van der Waals surface area (Å²) < 4.78 is 10.4. The van der Waals surface area contributed by atoms with Crippen LogP contribution in [0.15, 0.2) is 44.2 Å². The second-order valence-electron chi connectivity index (χ2n) is 3.39. The van der Waals surface area contributed by atoms with Crippen LogP contribution in [0.5, 0.6) is 0 Å². The molecule has 5 nitrogen and oxygen atoms in total. The van der Waals surface area contributed by atoms with Crippen molar-refractivity contribution in [2.75, 3.05) is 6.54 Å². The van der Waals surface area contributed by atoms with Crippen molar-refractivity contribution in [1.82, 2.24) is 5.32 Å². The first-order chi connectivity index (χ1) is 8.16. The van der Waals surface area contributed by atoms with E-state index in [9.17, 15) is 9.90 Å². The van der Waals surface area contributed by atoms with Crippen LogP contribution in [0.25, 0.3) is 0 Å². The van der Waals surface area contributed by atoms with E-state index in [1.807, 2.05) is 0 Å². The van der Waals surface area contributed by atoms with Crippen molar-refractivity contribution in [3.63, 3.8) is 0 Å². The number of aliphatic hydroxyl groups excluding tert-OH is 1. The maximum absolute atomic E-state index is 11.6. The Morgan fingerprint density at radius 1 is 1.47 bits per heavy atom. The molecule has 0 aliphatic carbocycles. The number of hydrogen-bond donors (Lipinski definition) is 2. The lowest BCUT2D eigenvalue weighted by atomic mass is 10.2. The first-order valence-electron chi connectivity index (χ1n) is 4.90. The summed E-state index contributed by atoms with van der Waals surface area (Å²) in [5.41, 5.74) is 0.617. The van der Waals surface area contributed by atoms with Crippen LogP contribution in [0, 0.1) is 0 Å². The number of carbonyl (C=O) groups excluding carboxylic acids is 1. The van der Waals surface area contributed by atoms with Crippen LogP contribution >= 0.6 is 15.9 Å². The summed E-state index contributed by atoms with van der Waals surface area (Å²) in [5, 5.41) is 12.3. The Morgan fingerprint density at radius 3 is 2.88 bits per heavy atom. The van der Waals surface area contributed by atoms with Crippen LogP contribution in [-0.2, 0) is 0 Å². The quantitative estimate of drug-likeness (QED) is 0.906. The average Bonchev–Trinajstić information content (AvgIpc) is 2.95. The normalized spacial score (nSPS) is 12.4. The van der Waals surface area contributed by atoms with Gasteiger partial charge in [0.05, 0.1) is 18.6 Å². The number of amides is 1. The van der Waals surface area contributed by atoms with Crippen LogP contribution in [0.1, 0.15) is 22.2 Å². The van der Waals surface area contributed by atoms with E-state index in [0.29, 0.717) is 10.2 Å². The fraction of sp³-hybridized carbons (Fsp3) is 0.182. The third-order valence-electron chi connectivity index (χ3n) is 2.18. The summed E-state index contributed by atoms with van der Waals surface area (Å²) in [4.78, 5) is 11.6. The van der Waals surface area contributed by atoms with Crippen LogP contribution < -0.4 is 5.32 Å². The van der Waals surface area contributed by atoms with Crippen molar-refractivity contribution in [1.29, 1.82) is 0 Å². The molecule has 1 atom stereocenters. The predicted molar refractivity (Wildman–Crippen MR) is 62.4 cm³/mol. The van der Waals surface area contributed by atoms with E-state index in [2.05, 4.69) is 21.2 Å². The number of furan rings is 2. The highest BCUT2D eigenvalue weighted by atomic mass is 79.9. The molecule has 17 heavy (non-hydrogen) atoms. The van der Waals surface area contributed by atoms with E-state index >= 15 is 0 Å². The van der Waals surface area contributed by atoms with Crippen LogP contribution in [0.2, 0.25) is 0 Å². The van der Waals surface area contributed by atoms with Crippen molar-refractivity contribution in [3.8, 4) is 0 Å². The Hall–Kier alpha value is -1.53. The van der Waals surface area contributed by atoms with E-state index in [1.54, 1.807) is 18.2 Å². The maximum Gasteiger partial charge on any atom is 0.287 e. The molecule has 0 spiro atoms. The third-order valence-corrected chi connectivity index (χ3v) is 2.61. The lowest BCUT2D eigenvalue weighted by Gasteiger charge is -2.08. The number of carbonyl (C=O) groups is 1. The molecule has 0 unspecified atom stereocenters. The molecular formula is C11H10BrNO4. The summed E-state index contributed by atoms with van der Waals surface area (Å²) in [6.07, 6.45) is 2.10. The lowest BCUT2D eigenvalue weighted by molar-refractivity contribution is 0.0887. The molecule has 0 fully saturated rings. The molecule has 2 rings (SSSR count). The molecule has 0 radical (unpaired) electrons. The first kappa shape index (κ1) is 11.9. The summed E-state index contributed by atoms with van der Waals surface area (Å²) in [6, 6.07) is 4.81. The maximum atomic E-state index is 11.6. The predicted octanol–water partition coefficient (Wildman–Crippen LogP) is 2.10. The largest absolute Gasteiger partial charge is 0.472 e. The van der Waals surface area contributed by atoms with Gasteiger partial charge in [0.1, 0.15) is 0 Å². The molecule has 2 aromatic heterocycles. The Labute approximate surface area is 106 Å². The zero-order valence-corrected chi connectivity index (χ0v) is 10.3. The minimum atomic E-state index is -0.795. The Bertz CT molecular complexity index is 491. The van der Waals surface area contributed by atoms with Gasteiger partial charge in [0.2, 0.25) is 0 Å². The fourth-order valence-corrected chi connectivity index (χ4v) is 1.60. The molecule has 6 heteroatoms. The summed E-state index contributed by atoms with van der Waals surface area (Å²) in [5.74, 6) is -0.186. The topological polar surface area (TPSA) is 75.6 Å². The van der Waals surface area contributed by atoms with Crippen molar-refractivity contribution in [2.24, 2.45) is 0 Å². The standard InChI is InChI=1S/C11H10BrNO4/c12-10-2-1-9(17-10)11(15)13-5-8(14)7-3-4-16-6-7/h1-4,6,8,14H,5H2,(H,13,15)/t8-/m0/s1. The smallest absolute Gasteiger partial charge is 0.287 e. The minimum Gasteiger partial charge on any atom is -0.472 e. The molecule has 90 valence electrons. The van der Waals surface area contributed by atoms with E-state index in [1.165, 1.54) is 12.5 Å². The van der Waals surface area contributed by atoms with Gasteiger partial charge >= 0.3 is 0 Å². The van der Waals surface area contributed by atoms with E-state index in [0.717, 1.165) is 0 Å². The van der Waals surface area contributed by atoms with Gasteiger partial charge in [-0.3, -0.25) is 4.79 Å². The highest BCUT2D eigenvalue weighted by Crippen LogP contribution is 2.15. The molecule has 0 bridgehead atoms. The van der Waals surface area contributed by atoms with Gasteiger partial charge in [-0.15, -0.1) is 0 Å². The molecule has 0 aliphatic rings. The number of halogens is 1. The van der Waals surface area contributed by atoms with E-state index < -0.39 is 6.10 Å². The molecule has 0 saturated carbocycles.